The number of carbonyl (C=O) groups is 2. The SMILES string of the molecule is C[C@H](NC(=O)NCCOc1ccccc1)C(=O)N1CCCC[C@H]1C. The number of hydrogen-bond acceptors (Lipinski definition) is 3. The molecule has 0 aliphatic carbocycles. The molecule has 0 bridgehead atoms. The average Bonchev–Trinajstić information content (AvgIpc) is 2.59. The summed E-state index contributed by atoms with van der Waals surface area (Å²) in [4.78, 5) is 26.2. The highest BCUT2D eigenvalue weighted by Gasteiger charge is 2.27. The molecule has 0 aromatic heterocycles. The maximum Gasteiger partial charge on any atom is 0.315 e. The summed E-state index contributed by atoms with van der Waals surface area (Å²) in [5.74, 6) is 0.750. The third kappa shape index (κ3) is 5.44. The van der Waals surface area contributed by atoms with E-state index in [1.807, 2.05) is 35.2 Å². The number of amides is 3. The number of para-hydroxylation sites is 1. The lowest BCUT2D eigenvalue weighted by Gasteiger charge is -2.35. The van der Waals surface area contributed by atoms with E-state index in [9.17, 15) is 9.59 Å². The maximum absolute atomic E-state index is 12.4. The van der Waals surface area contributed by atoms with Crippen LogP contribution in [0.2, 0.25) is 0 Å². The normalized spacial score (nSPS) is 18.6. The number of nitrogens with one attached hydrogen (secondary N) is 2. The van der Waals surface area contributed by atoms with E-state index in [4.69, 9.17) is 4.74 Å². The summed E-state index contributed by atoms with van der Waals surface area (Å²) in [7, 11) is 0. The van der Waals surface area contributed by atoms with Gasteiger partial charge in [-0.25, -0.2) is 4.79 Å². The van der Waals surface area contributed by atoms with Crippen molar-refractivity contribution in [2.75, 3.05) is 19.7 Å². The standard InChI is InChI=1S/C18H27N3O3/c1-14-8-6-7-12-21(14)17(22)15(2)20-18(23)19-11-13-24-16-9-4-3-5-10-16/h3-5,9-10,14-15H,6-8,11-13H2,1-2H3,(H2,19,20,23)/t14-,15+/m1/s1. The van der Waals surface area contributed by atoms with Crippen molar-refractivity contribution in [3.05, 3.63) is 30.3 Å². The summed E-state index contributed by atoms with van der Waals surface area (Å²) in [5.41, 5.74) is 0. The molecule has 1 fully saturated rings. The second-order valence-corrected chi connectivity index (χ2v) is 6.16. The number of piperidine rings is 1. The Bertz CT molecular complexity index is 536. The van der Waals surface area contributed by atoms with Crippen molar-refractivity contribution in [3.63, 3.8) is 0 Å². The van der Waals surface area contributed by atoms with Crippen LogP contribution in [0.25, 0.3) is 0 Å². The van der Waals surface area contributed by atoms with Crippen LogP contribution in [0.3, 0.4) is 0 Å². The van der Waals surface area contributed by atoms with Gasteiger partial charge in [0.25, 0.3) is 0 Å². The van der Waals surface area contributed by atoms with Crippen molar-refractivity contribution < 1.29 is 14.3 Å². The highest BCUT2D eigenvalue weighted by Crippen LogP contribution is 2.17. The summed E-state index contributed by atoms with van der Waals surface area (Å²) in [6, 6.07) is 8.80. The van der Waals surface area contributed by atoms with E-state index in [0.29, 0.717) is 13.2 Å². The molecule has 6 nitrogen and oxygen atoms in total. The summed E-state index contributed by atoms with van der Waals surface area (Å²) in [6.07, 6.45) is 3.22. The molecule has 2 N–H and O–H groups in total. The van der Waals surface area contributed by atoms with Gasteiger partial charge >= 0.3 is 6.03 Å². The van der Waals surface area contributed by atoms with Gasteiger partial charge in [0.05, 0.1) is 6.54 Å². The summed E-state index contributed by atoms with van der Waals surface area (Å²) < 4.78 is 5.50. The van der Waals surface area contributed by atoms with Gasteiger partial charge in [-0.05, 0) is 45.2 Å². The van der Waals surface area contributed by atoms with E-state index in [-0.39, 0.29) is 18.0 Å². The molecule has 24 heavy (non-hydrogen) atoms. The highest BCUT2D eigenvalue weighted by molar-refractivity contribution is 5.86. The van der Waals surface area contributed by atoms with E-state index in [0.717, 1.165) is 31.6 Å². The van der Waals surface area contributed by atoms with Crippen molar-refractivity contribution in [2.45, 2.75) is 45.2 Å². The first-order valence-corrected chi connectivity index (χ1v) is 8.60. The van der Waals surface area contributed by atoms with Gasteiger partial charge in [0, 0.05) is 12.6 Å². The van der Waals surface area contributed by atoms with Gasteiger partial charge in [-0.1, -0.05) is 18.2 Å². The molecule has 0 saturated carbocycles. The predicted octanol–water partition coefficient (Wildman–Crippen LogP) is 2.15. The lowest BCUT2D eigenvalue weighted by Crippen LogP contribution is -2.53. The van der Waals surface area contributed by atoms with Crippen LogP contribution in [0.1, 0.15) is 33.1 Å². The molecule has 0 unspecified atom stereocenters. The number of carbonyl (C=O) groups excluding carboxylic acids is 2. The zero-order valence-corrected chi connectivity index (χ0v) is 14.5. The Kier molecular flexibility index (Phi) is 6.90. The minimum Gasteiger partial charge on any atom is -0.492 e. The Morgan fingerprint density at radius 1 is 1.29 bits per heavy atom. The smallest absolute Gasteiger partial charge is 0.315 e. The fraction of sp³-hybridized carbons (Fsp3) is 0.556. The molecule has 2 atom stereocenters. The highest BCUT2D eigenvalue weighted by atomic mass is 16.5. The fourth-order valence-electron chi connectivity index (χ4n) is 2.83. The lowest BCUT2D eigenvalue weighted by atomic mass is 10.0. The first-order valence-electron chi connectivity index (χ1n) is 8.60. The molecule has 1 aliphatic rings. The van der Waals surface area contributed by atoms with Crippen molar-refractivity contribution in [1.29, 1.82) is 0 Å². The average molecular weight is 333 g/mol. The maximum atomic E-state index is 12.4. The zero-order chi connectivity index (χ0) is 17.4. The van der Waals surface area contributed by atoms with Gasteiger partial charge in [-0.3, -0.25) is 4.79 Å². The lowest BCUT2D eigenvalue weighted by molar-refractivity contribution is -0.136. The second-order valence-electron chi connectivity index (χ2n) is 6.16. The Hall–Kier alpha value is -2.24. The Morgan fingerprint density at radius 2 is 2.04 bits per heavy atom. The van der Waals surface area contributed by atoms with Crippen LogP contribution in [0.5, 0.6) is 5.75 Å². The first-order chi connectivity index (χ1) is 11.6. The van der Waals surface area contributed by atoms with E-state index in [1.165, 1.54) is 0 Å². The van der Waals surface area contributed by atoms with Gasteiger partial charge in [0.15, 0.2) is 0 Å². The van der Waals surface area contributed by atoms with Gasteiger partial charge in [-0.15, -0.1) is 0 Å². The Labute approximate surface area is 143 Å². The van der Waals surface area contributed by atoms with Gasteiger partial charge in [0.2, 0.25) is 5.91 Å². The molecule has 3 amide bonds. The molecule has 1 heterocycles. The van der Waals surface area contributed by atoms with Crippen LogP contribution in [0, 0.1) is 0 Å². The van der Waals surface area contributed by atoms with Gasteiger partial charge in [0.1, 0.15) is 18.4 Å². The molecule has 1 aliphatic heterocycles. The van der Waals surface area contributed by atoms with Crippen LogP contribution in [0.4, 0.5) is 4.79 Å². The quantitative estimate of drug-likeness (QED) is 0.784. The minimum absolute atomic E-state index is 0.0158. The van der Waals surface area contributed by atoms with Gasteiger partial charge < -0.3 is 20.3 Å². The van der Waals surface area contributed by atoms with Crippen molar-refractivity contribution in [2.24, 2.45) is 0 Å². The first kappa shape index (κ1) is 18.1. The van der Waals surface area contributed by atoms with Crippen LogP contribution >= 0.6 is 0 Å². The van der Waals surface area contributed by atoms with Crippen LogP contribution < -0.4 is 15.4 Å². The molecule has 2 rings (SSSR count). The summed E-state index contributed by atoms with van der Waals surface area (Å²) in [5, 5.41) is 5.41. The topological polar surface area (TPSA) is 70.7 Å². The van der Waals surface area contributed by atoms with E-state index < -0.39 is 6.04 Å². The zero-order valence-electron chi connectivity index (χ0n) is 14.5. The molecule has 6 heteroatoms. The molecule has 1 aromatic carbocycles. The predicted molar refractivity (Wildman–Crippen MR) is 93.0 cm³/mol. The monoisotopic (exact) mass is 333 g/mol. The molecular weight excluding hydrogens is 306 g/mol. The van der Waals surface area contributed by atoms with E-state index in [2.05, 4.69) is 17.6 Å². The number of ether oxygens (including phenoxy) is 1. The molecule has 0 spiro atoms. The minimum atomic E-state index is -0.527. The number of urea groups is 1. The van der Waals surface area contributed by atoms with Crippen LogP contribution in [-0.4, -0.2) is 48.6 Å². The molecule has 0 radical (unpaired) electrons. The Morgan fingerprint density at radius 3 is 2.75 bits per heavy atom. The largest absolute Gasteiger partial charge is 0.492 e. The van der Waals surface area contributed by atoms with Crippen LogP contribution in [-0.2, 0) is 4.79 Å². The van der Waals surface area contributed by atoms with E-state index >= 15 is 0 Å². The number of likely N-dealkylation sites (tertiary alicyclic amines) is 1. The van der Waals surface area contributed by atoms with Gasteiger partial charge in [-0.2, -0.15) is 0 Å². The molecule has 1 saturated heterocycles. The number of nitrogens with zero attached hydrogens (tertiary/aromatic N) is 1. The second kappa shape index (κ2) is 9.15. The number of benzene rings is 1. The third-order valence-corrected chi connectivity index (χ3v) is 4.20. The molecule has 132 valence electrons. The van der Waals surface area contributed by atoms with Crippen molar-refractivity contribution in [3.8, 4) is 5.75 Å². The Balaban J connectivity index is 1.66. The summed E-state index contributed by atoms with van der Waals surface area (Å²) in [6.45, 7) is 5.32. The number of hydrogen-bond donors (Lipinski definition) is 2. The van der Waals surface area contributed by atoms with Crippen LogP contribution in [0.15, 0.2) is 30.3 Å². The third-order valence-electron chi connectivity index (χ3n) is 4.20. The van der Waals surface area contributed by atoms with E-state index in [1.54, 1.807) is 6.92 Å². The fourth-order valence-corrected chi connectivity index (χ4v) is 2.83. The summed E-state index contributed by atoms with van der Waals surface area (Å²) >= 11 is 0. The van der Waals surface area contributed by atoms with Crippen molar-refractivity contribution >= 4 is 11.9 Å². The molecular formula is C18H27N3O3. The number of rotatable bonds is 6. The molecule has 1 aromatic rings. The van der Waals surface area contributed by atoms with Crippen molar-refractivity contribution in [1.82, 2.24) is 15.5 Å².